The summed E-state index contributed by atoms with van der Waals surface area (Å²) in [6, 6.07) is 0. The van der Waals surface area contributed by atoms with Crippen molar-refractivity contribution in [1.82, 2.24) is 0 Å². The molecule has 0 saturated carbocycles. The average Bonchev–Trinajstić information content (AvgIpc) is 2.62. The predicted molar refractivity (Wildman–Crippen MR) is 131 cm³/mol. The van der Waals surface area contributed by atoms with E-state index in [2.05, 4.69) is 47.4 Å². The maximum atomic E-state index is 4.34. The zero-order valence-corrected chi connectivity index (χ0v) is 20.1. The van der Waals surface area contributed by atoms with E-state index in [1.54, 1.807) is 0 Å². The summed E-state index contributed by atoms with van der Waals surface area (Å²) in [6.45, 7) is 21.4. The lowest BCUT2D eigenvalue weighted by atomic mass is 9.77. The van der Waals surface area contributed by atoms with Gasteiger partial charge in [-0.05, 0) is 64.7 Å². The van der Waals surface area contributed by atoms with Crippen molar-refractivity contribution in [3.8, 4) is 0 Å². The minimum atomic E-state index is 0.642. The lowest BCUT2D eigenvalue weighted by Crippen LogP contribution is -2.17. The molecule has 0 saturated heterocycles. The van der Waals surface area contributed by atoms with Gasteiger partial charge >= 0.3 is 0 Å². The maximum Gasteiger partial charge on any atom is -0.0143 e. The van der Waals surface area contributed by atoms with E-state index in [4.69, 9.17) is 0 Å². The second-order valence-electron chi connectivity index (χ2n) is 9.55. The Morgan fingerprint density at radius 3 is 1.50 bits per heavy atom. The summed E-state index contributed by atoms with van der Waals surface area (Å²) < 4.78 is 0. The third-order valence-corrected chi connectivity index (χ3v) is 6.13. The molecule has 28 heavy (non-hydrogen) atoms. The van der Waals surface area contributed by atoms with Gasteiger partial charge < -0.3 is 0 Å². The summed E-state index contributed by atoms with van der Waals surface area (Å²) in [5, 5.41) is 0. The third kappa shape index (κ3) is 16.2. The summed E-state index contributed by atoms with van der Waals surface area (Å²) in [5.41, 5.74) is 4.03. The minimum absolute atomic E-state index is 0.642. The third-order valence-electron chi connectivity index (χ3n) is 6.13. The van der Waals surface area contributed by atoms with Crippen molar-refractivity contribution in [3.05, 3.63) is 36.5 Å². The summed E-state index contributed by atoms with van der Waals surface area (Å²) in [5.74, 6) is 1.45. The number of hydrogen-bond donors (Lipinski definition) is 0. The van der Waals surface area contributed by atoms with Crippen molar-refractivity contribution in [2.45, 2.75) is 130 Å². The summed E-state index contributed by atoms with van der Waals surface area (Å²) >= 11 is 0. The quantitative estimate of drug-likeness (QED) is 0.144. The molecule has 0 aliphatic carbocycles. The number of rotatable bonds is 20. The second-order valence-corrected chi connectivity index (χ2v) is 9.55. The van der Waals surface area contributed by atoms with Gasteiger partial charge in [0.1, 0.15) is 0 Å². The van der Waals surface area contributed by atoms with Crippen molar-refractivity contribution >= 4 is 0 Å². The number of unbranched alkanes of at least 4 members (excludes halogenated alkanes) is 10. The van der Waals surface area contributed by atoms with Crippen LogP contribution in [0, 0.1) is 11.8 Å². The Labute approximate surface area is 179 Å². The monoisotopic (exact) mass is 388 g/mol. The molecule has 0 radical (unpaired) electrons. The molecule has 0 aromatic heterocycles. The first-order chi connectivity index (χ1) is 13.4. The van der Waals surface area contributed by atoms with Gasteiger partial charge in [-0.15, -0.1) is 13.2 Å². The smallest absolute Gasteiger partial charge is 0.0143 e. The summed E-state index contributed by atoms with van der Waals surface area (Å²) in [7, 11) is 0. The van der Waals surface area contributed by atoms with Crippen LogP contribution in [0.2, 0.25) is 0 Å². The number of allylic oxidation sites excluding steroid dienone is 3. The molecule has 0 aromatic carbocycles. The summed E-state index contributed by atoms with van der Waals surface area (Å²) in [4.78, 5) is 0. The van der Waals surface area contributed by atoms with Crippen LogP contribution < -0.4 is 0 Å². The minimum Gasteiger partial charge on any atom is -0.100 e. The van der Waals surface area contributed by atoms with E-state index in [0.717, 1.165) is 12.3 Å². The normalized spacial score (nSPS) is 13.3. The standard InChI is InChI=1S/C28H52/c1-8-9-10-11-15-18-21-27(28(26(6)7)23-25(4)5)22-19-16-13-12-14-17-20-24(2)3/h27-28H,2,4,6,8-23H2,1,3,5,7H3. The molecule has 0 fully saturated rings. The van der Waals surface area contributed by atoms with Gasteiger partial charge in [-0.1, -0.05) is 101 Å². The van der Waals surface area contributed by atoms with Crippen LogP contribution in [-0.4, -0.2) is 0 Å². The van der Waals surface area contributed by atoms with E-state index in [9.17, 15) is 0 Å². The van der Waals surface area contributed by atoms with Crippen LogP contribution in [0.3, 0.4) is 0 Å². The molecule has 164 valence electrons. The van der Waals surface area contributed by atoms with Crippen LogP contribution in [0.15, 0.2) is 36.5 Å². The molecule has 0 spiro atoms. The topological polar surface area (TPSA) is 0 Å². The lowest BCUT2D eigenvalue weighted by molar-refractivity contribution is 0.307. The molecule has 0 N–H and O–H groups in total. The van der Waals surface area contributed by atoms with E-state index in [-0.39, 0.29) is 0 Å². The van der Waals surface area contributed by atoms with Gasteiger partial charge in [-0.25, -0.2) is 0 Å². The highest BCUT2D eigenvalue weighted by molar-refractivity contribution is 5.05. The van der Waals surface area contributed by atoms with Crippen molar-refractivity contribution in [2.24, 2.45) is 11.8 Å². The summed E-state index contributed by atoms with van der Waals surface area (Å²) in [6.07, 6.45) is 21.8. The molecule has 2 atom stereocenters. The maximum absolute atomic E-state index is 4.34. The van der Waals surface area contributed by atoms with Gasteiger partial charge in [0.05, 0.1) is 0 Å². The van der Waals surface area contributed by atoms with E-state index in [1.807, 2.05) is 0 Å². The Bertz CT molecular complexity index is 414. The van der Waals surface area contributed by atoms with E-state index >= 15 is 0 Å². The first-order valence-corrected chi connectivity index (χ1v) is 12.3. The van der Waals surface area contributed by atoms with Gasteiger partial charge in [0, 0.05) is 0 Å². The Morgan fingerprint density at radius 1 is 0.607 bits per heavy atom. The van der Waals surface area contributed by atoms with E-state index in [0.29, 0.717) is 5.92 Å². The van der Waals surface area contributed by atoms with Crippen molar-refractivity contribution in [2.75, 3.05) is 0 Å². The fourth-order valence-electron chi connectivity index (χ4n) is 4.39. The van der Waals surface area contributed by atoms with Gasteiger partial charge in [-0.2, -0.15) is 0 Å². The van der Waals surface area contributed by atoms with E-state index in [1.165, 1.54) is 113 Å². The van der Waals surface area contributed by atoms with Crippen LogP contribution in [0.5, 0.6) is 0 Å². The van der Waals surface area contributed by atoms with Crippen LogP contribution >= 0.6 is 0 Å². The van der Waals surface area contributed by atoms with Crippen molar-refractivity contribution < 1.29 is 0 Å². The zero-order valence-electron chi connectivity index (χ0n) is 20.1. The van der Waals surface area contributed by atoms with Crippen LogP contribution in [0.1, 0.15) is 130 Å². The first kappa shape index (κ1) is 27.2. The molecular formula is C28H52. The lowest BCUT2D eigenvalue weighted by Gasteiger charge is -2.28. The largest absolute Gasteiger partial charge is 0.100 e. The Morgan fingerprint density at radius 2 is 1.07 bits per heavy atom. The van der Waals surface area contributed by atoms with Crippen LogP contribution in [-0.2, 0) is 0 Å². The van der Waals surface area contributed by atoms with Gasteiger partial charge in [0.2, 0.25) is 0 Å². The molecule has 0 nitrogen and oxygen atoms in total. The molecule has 0 aromatic rings. The van der Waals surface area contributed by atoms with Gasteiger partial charge in [-0.3, -0.25) is 0 Å². The van der Waals surface area contributed by atoms with Gasteiger partial charge in [0.15, 0.2) is 0 Å². The van der Waals surface area contributed by atoms with Crippen molar-refractivity contribution in [3.63, 3.8) is 0 Å². The molecular weight excluding hydrogens is 336 g/mol. The molecule has 0 aliphatic heterocycles. The molecule has 2 unspecified atom stereocenters. The Balaban J connectivity index is 4.29. The SMILES string of the molecule is C=C(C)CCCCCCCCC(CCCCCCCC)C(CC(=C)C)C(=C)C. The highest BCUT2D eigenvalue weighted by atomic mass is 14.3. The van der Waals surface area contributed by atoms with Crippen LogP contribution in [0.25, 0.3) is 0 Å². The molecule has 0 aliphatic rings. The first-order valence-electron chi connectivity index (χ1n) is 12.3. The average molecular weight is 389 g/mol. The van der Waals surface area contributed by atoms with E-state index < -0.39 is 0 Å². The Hall–Kier alpha value is -0.780. The highest BCUT2D eigenvalue weighted by Crippen LogP contribution is 2.34. The number of hydrogen-bond acceptors (Lipinski definition) is 0. The molecule has 0 heteroatoms. The second kappa shape index (κ2) is 18.3. The molecule has 0 amide bonds. The fraction of sp³-hybridized carbons (Fsp3) is 0.786. The fourth-order valence-corrected chi connectivity index (χ4v) is 4.39. The molecule has 0 heterocycles. The highest BCUT2D eigenvalue weighted by Gasteiger charge is 2.21. The van der Waals surface area contributed by atoms with Gasteiger partial charge in [0.25, 0.3) is 0 Å². The predicted octanol–water partition coefficient (Wildman–Crippen LogP) is 10.2. The molecule has 0 rings (SSSR count). The zero-order chi connectivity index (χ0) is 21.2. The van der Waals surface area contributed by atoms with Crippen molar-refractivity contribution in [1.29, 1.82) is 0 Å². The molecule has 0 bridgehead atoms. The Kier molecular flexibility index (Phi) is 17.8. The van der Waals surface area contributed by atoms with Crippen LogP contribution in [0.4, 0.5) is 0 Å².